The second-order valence-corrected chi connectivity index (χ2v) is 3.21. The SMILES string of the molecule is Cc1nc2c(Cl)cc(F)cc2c(=O)o1. The summed E-state index contributed by atoms with van der Waals surface area (Å²) in [6.07, 6.45) is 0. The number of hydrogen-bond donors (Lipinski definition) is 0. The van der Waals surface area contributed by atoms with Gasteiger partial charge in [-0.25, -0.2) is 14.2 Å². The topological polar surface area (TPSA) is 43.1 Å². The van der Waals surface area contributed by atoms with E-state index in [9.17, 15) is 9.18 Å². The lowest BCUT2D eigenvalue weighted by atomic mass is 10.2. The Kier molecular flexibility index (Phi) is 2.00. The molecule has 0 saturated heterocycles. The van der Waals surface area contributed by atoms with Gasteiger partial charge in [-0.3, -0.25) is 0 Å². The molecule has 5 heteroatoms. The highest BCUT2D eigenvalue weighted by Crippen LogP contribution is 2.20. The molecule has 2 rings (SSSR count). The zero-order valence-corrected chi connectivity index (χ0v) is 7.93. The minimum absolute atomic E-state index is 0.0561. The van der Waals surface area contributed by atoms with E-state index in [-0.39, 0.29) is 21.8 Å². The summed E-state index contributed by atoms with van der Waals surface area (Å²) in [6, 6.07) is 2.16. The largest absolute Gasteiger partial charge is 0.408 e. The van der Waals surface area contributed by atoms with Gasteiger partial charge in [0.2, 0.25) is 0 Å². The fraction of sp³-hybridized carbons (Fsp3) is 0.111. The van der Waals surface area contributed by atoms with Crippen LogP contribution in [-0.4, -0.2) is 4.98 Å². The molecule has 72 valence electrons. The molecule has 0 spiro atoms. The van der Waals surface area contributed by atoms with Crippen molar-refractivity contribution in [2.45, 2.75) is 6.92 Å². The predicted molar refractivity (Wildman–Crippen MR) is 50.0 cm³/mol. The fourth-order valence-corrected chi connectivity index (χ4v) is 1.45. The number of nitrogens with zero attached hydrogens (tertiary/aromatic N) is 1. The third kappa shape index (κ3) is 1.37. The van der Waals surface area contributed by atoms with Crippen LogP contribution < -0.4 is 5.63 Å². The molecule has 0 saturated carbocycles. The highest BCUT2D eigenvalue weighted by atomic mass is 35.5. The molecular formula is C9H5ClFNO2. The van der Waals surface area contributed by atoms with Crippen molar-refractivity contribution in [3.63, 3.8) is 0 Å². The quantitative estimate of drug-likeness (QED) is 0.674. The molecule has 0 atom stereocenters. The van der Waals surface area contributed by atoms with Gasteiger partial charge < -0.3 is 4.42 Å². The highest BCUT2D eigenvalue weighted by Gasteiger charge is 2.09. The van der Waals surface area contributed by atoms with E-state index in [0.717, 1.165) is 12.1 Å². The molecule has 0 aliphatic heterocycles. The van der Waals surface area contributed by atoms with Crippen molar-refractivity contribution in [2.75, 3.05) is 0 Å². The standard InChI is InChI=1S/C9H5ClFNO2/c1-4-12-8-6(9(13)14-4)2-5(11)3-7(8)10/h2-3H,1H3. The molecule has 0 aliphatic rings. The summed E-state index contributed by atoms with van der Waals surface area (Å²) < 4.78 is 17.6. The summed E-state index contributed by atoms with van der Waals surface area (Å²) in [5.41, 5.74) is -0.365. The lowest BCUT2D eigenvalue weighted by Crippen LogP contribution is -2.03. The van der Waals surface area contributed by atoms with Crippen LogP contribution in [0, 0.1) is 12.7 Å². The van der Waals surface area contributed by atoms with Crippen molar-refractivity contribution >= 4 is 22.5 Å². The maximum Gasteiger partial charge on any atom is 0.346 e. The fourth-order valence-electron chi connectivity index (χ4n) is 1.20. The molecule has 1 heterocycles. The van der Waals surface area contributed by atoms with E-state index in [2.05, 4.69) is 4.98 Å². The monoisotopic (exact) mass is 213 g/mol. The van der Waals surface area contributed by atoms with Crippen molar-refractivity contribution in [3.05, 3.63) is 39.3 Å². The molecular weight excluding hydrogens is 209 g/mol. The predicted octanol–water partition coefficient (Wildman–Crippen LogP) is 2.29. The van der Waals surface area contributed by atoms with E-state index in [4.69, 9.17) is 16.0 Å². The normalized spacial score (nSPS) is 10.8. The number of benzene rings is 1. The van der Waals surface area contributed by atoms with Crippen molar-refractivity contribution in [1.82, 2.24) is 4.98 Å². The first-order valence-electron chi connectivity index (χ1n) is 3.84. The van der Waals surface area contributed by atoms with Gasteiger partial charge in [0.15, 0.2) is 5.89 Å². The Hall–Kier alpha value is -1.42. The lowest BCUT2D eigenvalue weighted by Gasteiger charge is -1.99. The first-order chi connectivity index (χ1) is 6.58. The molecule has 0 N–H and O–H groups in total. The van der Waals surface area contributed by atoms with Crippen LogP contribution >= 0.6 is 11.6 Å². The van der Waals surface area contributed by atoms with Gasteiger partial charge in [-0.2, -0.15) is 0 Å². The molecule has 0 aliphatic carbocycles. The minimum Gasteiger partial charge on any atom is -0.408 e. The van der Waals surface area contributed by atoms with Crippen LogP contribution in [0.3, 0.4) is 0 Å². The second kappa shape index (κ2) is 3.06. The Balaban J connectivity index is 3.02. The molecule has 1 aromatic carbocycles. The second-order valence-electron chi connectivity index (χ2n) is 2.80. The first kappa shape index (κ1) is 9.15. The summed E-state index contributed by atoms with van der Waals surface area (Å²) >= 11 is 5.72. The number of rotatable bonds is 0. The third-order valence-electron chi connectivity index (χ3n) is 1.76. The van der Waals surface area contributed by atoms with Crippen molar-refractivity contribution < 1.29 is 8.81 Å². The molecule has 0 amide bonds. The Morgan fingerprint density at radius 3 is 2.93 bits per heavy atom. The Morgan fingerprint density at radius 1 is 1.50 bits per heavy atom. The Morgan fingerprint density at radius 2 is 2.21 bits per heavy atom. The summed E-state index contributed by atoms with van der Waals surface area (Å²) in [5, 5.41) is 0.164. The first-order valence-corrected chi connectivity index (χ1v) is 4.22. The van der Waals surface area contributed by atoms with Gasteiger partial charge >= 0.3 is 5.63 Å². The number of fused-ring (bicyclic) bond motifs is 1. The highest BCUT2D eigenvalue weighted by molar-refractivity contribution is 6.34. The van der Waals surface area contributed by atoms with Gasteiger partial charge in [-0.1, -0.05) is 11.6 Å². The Bertz CT molecular complexity index is 564. The number of aromatic nitrogens is 1. The summed E-state index contributed by atoms with van der Waals surface area (Å²) in [5.74, 6) is -0.378. The van der Waals surface area contributed by atoms with Gasteiger partial charge in [0, 0.05) is 6.92 Å². The average Bonchev–Trinajstić information content (AvgIpc) is 2.07. The van der Waals surface area contributed by atoms with E-state index in [1.165, 1.54) is 6.92 Å². The Labute approximate surface area is 83.1 Å². The molecule has 0 bridgehead atoms. The van der Waals surface area contributed by atoms with Gasteiger partial charge in [0.25, 0.3) is 0 Å². The smallest absolute Gasteiger partial charge is 0.346 e. The van der Waals surface area contributed by atoms with Crippen LogP contribution in [0.2, 0.25) is 5.02 Å². The van der Waals surface area contributed by atoms with Crippen molar-refractivity contribution in [3.8, 4) is 0 Å². The summed E-state index contributed by atoms with van der Waals surface area (Å²) in [4.78, 5) is 15.2. The summed E-state index contributed by atoms with van der Waals surface area (Å²) in [7, 11) is 0. The zero-order valence-electron chi connectivity index (χ0n) is 7.17. The molecule has 2 aromatic rings. The molecule has 3 nitrogen and oxygen atoms in total. The van der Waals surface area contributed by atoms with Crippen LogP contribution in [0.25, 0.3) is 10.9 Å². The molecule has 0 fully saturated rings. The van der Waals surface area contributed by atoms with E-state index < -0.39 is 11.4 Å². The van der Waals surface area contributed by atoms with Gasteiger partial charge in [0.05, 0.1) is 10.4 Å². The maximum atomic E-state index is 12.9. The number of halogens is 2. The van der Waals surface area contributed by atoms with Crippen LogP contribution in [0.1, 0.15) is 5.89 Å². The van der Waals surface area contributed by atoms with E-state index in [0.29, 0.717) is 0 Å². The van der Waals surface area contributed by atoms with Crippen molar-refractivity contribution in [1.29, 1.82) is 0 Å². The number of hydrogen-bond acceptors (Lipinski definition) is 3. The van der Waals surface area contributed by atoms with Crippen molar-refractivity contribution in [2.24, 2.45) is 0 Å². The summed E-state index contributed by atoms with van der Waals surface area (Å²) in [6.45, 7) is 1.53. The van der Waals surface area contributed by atoms with Gasteiger partial charge in [-0.15, -0.1) is 0 Å². The van der Waals surface area contributed by atoms with E-state index in [1.54, 1.807) is 0 Å². The van der Waals surface area contributed by atoms with E-state index in [1.807, 2.05) is 0 Å². The maximum absolute atomic E-state index is 12.9. The zero-order chi connectivity index (χ0) is 10.3. The van der Waals surface area contributed by atoms with E-state index >= 15 is 0 Å². The van der Waals surface area contributed by atoms with Crippen LogP contribution in [0.4, 0.5) is 4.39 Å². The molecule has 14 heavy (non-hydrogen) atoms. The third-order valence-corrected chi connectivity index (χ3v) is 2.05. The van der Waals surface area contributed by atoms with Gasteiger partial charge in [0.1, 0.15) is 11.3 Å². The van der Waals surface area contributed by atoms with Crippen LogP contribution in [-0.2, 0) is 0 Å². The number of aryl methyl sites for hydroxylation is 1. The lowest BCUT2D eigenvalue weighted by molar-refractivity contribution is 0.466. The molecule has 1 aromatic heterocycles. The van der Waals surface area contributed by atoms with Gasteiger partial charge in [-0.05, 0) is 12.1 Å². The molecule has 0 unspecified atom stereocenters. The minimum atomic E-state index is -0.631. The van der Waals surface area contributed by atoms with Crippen LogP contribution in [0.15, 0.2) is 21.3 Å². The van der Waals surface area contributed by atoms with Crippen LogP contribution in [0.5, 0.6) is 0 Å². The average molecular weight is 214 g/mol. The molecule has 0 radical (unpaired) electrons.